The summed E-state index contributed by atoms with van der Waals surface area (Å²) in [5.41, 5.74) is 1.32. The van der Waals surface area contributed by atoms with E-state index < -0.39 is 0 Å². The summed E-state index contributed by atoms with van der Waals surface area (Å²) in [6.45, 7) is 9.06. The highest BCUT2D eigenvalue weighted by atomic mass is 32.1. The molecule has 0 bridgehead atoms. The standard InChI is InChI=1S/C17H29N3S/c1-4-14-7-5-6-10-20(14)17-19-16(12(2)3)15(21-17)11-18-13-8-9-13/h12-14,18H,4-11H2,1-3H3. The third-order valence-corrected chi connectivity index (χ3v) is 5.84. The molecule has 1 atom stereocenters. The Labute approximate surface area is 133 Å². The highest BCUT2D eigenvalue weighted by molar-refractivity contribution is 7.15. The van der Waals surface area contributed by atoms with Crippen molar-refractivity contribution in [3.63, 3.8) is 0 Å². The van der Waals surface area contributed by atoms with E-state index in [-0.39, 0.29) is 0 Å². The average molecular weight is 308 g/mol. The number of piperidine rings is 1. The molecule has 1 unspecified atom stereocenters. The van der Waals surface area contributed by atoms with Crippen molar-refractivity contribution >= 4 is 16.5 Å². The van der Waals surface area contributed by atoms with Gasteiger partial charge in [-0.05, 0) is 44.4 Å². The fourth-order valence-electron chi connectivity index (χ4n) is 3.25. The number of hydrogen-bond donors (Lipinski definition) is 1. The van der Waals surface area contributed by atoms with Crippen LogP contribution in [-0.4, -0.2) is 23.6 Å². The van der Waals surface area contributed by atoms with Gasteiger partial charge >= 0.3 is 0 Å². The maximum atomic E-state index is 5.03. The molecule has 0 amide bonds. The molecule has 1 aromatic heterocycles. The van der Waals surface area contributed by atoms with Crippen LogP contribution in [0.2, 0.25) is 0 Å². The van der Waals surface area contributed by atoms with Gasteiger partial charge < -0.3 is 10.2 Å². The van der Waals surface area contributed by atoms with Gasteiger partial charge in [-0.1, -0.05) is 20.8 Å². The van der Waals surface area contributed by atoms with Crippen molar-refractivity contribution in [3.05, 3.63) is 10.6 Å². The minimum Gasteiger partial charge on any atom is -0.345 e. The molecule has 1 aromatic rings. The molecule has 3 nitrogen and oxygen atoms in total. The van der Waals surface area contributed by atoms with Crippen LogP contribution in [0.5, 0.6) is 0 Å². The van der Waals surface area contributed by atoms with E-state index >= 15 is 0 Å². The number of thiazole rings is 1. The Bertz CT molecular complexity index is 465. The Morgan fingerprint density at radius 2 is 2.10 bits per heavy atom. The molecule has 2 fully saturated rings. The summed E-state index contributed by atoms with van der Waals surface area (Å²) >= 11 is 1.94. The van der Waals surface area contributed by atoms with E-state index in [0.29, 0.717) is 12.0 Å². The Balaban J connectivity index is 1.78. The Hall–Kier alpha value is -0.610. The fourth-order valence-corrected chi connectivity index (χ4v) is 4.52. The molecular weight excluding hydrogens is 278 g/mol. The molecule has 0 aromatic carbocycles. The number of nitrogens with zero attached hydrogens (tertiary/aromatic N) is 2. The molecule has 4 heteroatoms. The first-order valence-corrected chi connectivity index (χ1v) is 9.50. The number of anilines is 1. The summed E-state index contributed by atoms with van der Waals surface area (Å²) in [5.74, 6) is 0.524. The molecule has 0 radical (unpaired) electrons. The number of hydrogen-bond acceptors (Lipinski definition) is 4. The zero-order chi connectivity index (χ0) is 14.8. The van der Waals surface area contributed by atoms with Crippen LogP contribution in [0.3, 0.4) is 0 Å². The third kappa shape index (κ3) is 3.59. The first-order chi connectivity index (χ1) is 10.2. The molecule has 118 valence electrons. The minimum absolute atomic E-state index is 0.524. The van der Waals surface area contributed by atoms with Crippen LogP contribution in [0.15, 0.2) is 0 Å². The van der Waals surface area contributed by atoms with Gasteiger partial charge in [-0.25, -0.2) is 4.98 Å². The van der Waals surface area contributed by atoms with E-state index in [9.17, 15) is 0 Å². The number of aromatic nitrogens is 1. The molecule has 2 aliphatic rings. The van der Waals surface area contributed by atoms with Crippen LogP contribution in [0.4, 0.5) is 5.13 Å². The molecule has 1 saturated heterocycles. The summed E-state index contributed by atoms with van der Waals surface area (Å²) in [6, 6.07) is 1.48. The molecule has 2 heterocycles. The second-order valence-electron chi connectivity index (χ2n) is 6.87. The molecule has 1 N–H and O–H groups in total. The zero-order valence-electron chi connectivity index (χ0n) is 13.7. The Kier molecular flexibility index (Phi) is 4.85. The zero-order valence-corrected chi connectivity index (χ0v) is 14.5. The largest absolute Gasteiger partial charge is 0.345 e. The van der Waals surface area contributed by atoms with Gasteiger partial charge in [0, 0.05) is 30.1 Å². The van der Waals surface area contributed by atoms with Gasteiger partial charge in [-0.15, -0.1) is 11.3 Å². The van der Waals surface area contributed by atoms with Gasteiger partial charge in [-0.3, -0.25) is 0 Å². The van der Waals surface area contributed by atoms with Crippen LogP contribution >= 0.6 is 11.3 Å². The first kappa shape index (κ1) is 15.3. The summed E-state index contributed by atoms with van der Waals surface area (Å²) in [4.78, 5) is 9.08. The van der Waals surface area contributed by atoms with Gasteiger partial charge in [0.15, 0.2) is 5.13 Å². The van der Waals surface area contributed by atoms with Crippen LogP contribution < -0.4 is 10.2 Å². The number of nitrogens with one attached hydrogen (secondary N) is 1. The second-order valence-corrected chi connectivity index (χ2v) is 7.93. The van der Waals surface area contributed by atoms with E-state index in [1.807, 2.05) is 11.3 Å². The van der Waals surface area contributed by atoms with Gasteiger partial charge in [-0.2, -0.15) is 0 Å². The van der Waals surface area contributed by atoms with E-state index in [4.69, 9.17) is 4.98 Å². The van der Waals surface area contributed by atoms with Gasteiger partial charge in [0.05, 0.1) is 5.69 Å². The van der Waals surface area contributed by atoms with E-state index in [1.165, 1.54) is 60.8 Å². The lowest BCUT2D eigenvalue weighted by Crippen LogP contribution is -2.39. The smallest absolute Gasteiger partial charge is 0.186 e. The second kappa shape index (κ2) is 6.66. The summed E-state index contributed by atoms with van der Waals surface area (Å²) in [6.07, 6.45) is 7.99. The Morgan fingerprint density at radius 3 is 2.76 bits per heavy atom. The summed E-state index contributed by atoms with van der Waals surface area (Å²) < 4.78 is 0. The van der Waals surface area contributed by atoms with Crippen molar-refractivity contribution in [2.75, 3.05) is 11.4 Å². The van der Waals surface area contributed by atoms with Gasteiger partial charge in [0.1, 0.15) is 0 Å². The van der Waals surface area contributed by atoms with Crippen LogP contribution in [0, 0.1) is 0 Å². The minimum atomic E-state index is 0.524. The molecule has 3 rings (SSSR count). The fraction of sp³-hybridized carbons (Fsp3) is 0.824. The highest BCUT2D eigenvalue weighted by Gasteiger charge is 2.26. The topological polar surface area (TPSA) is 28.2 Å². The normalized spacial score (nSPS) is 23.0. The molecule has 21 heavy (non-hydrogen) atoms. The van der Waals surface area contributed by atoms with Crippen molar-refractivity contribution in [1.82, 2.24) is 10.3 Å². The lowest BCUT2D eigenvalue weighted by atomic mass is 10.0. The van der Waals surface area contributed by atoms with Crippen molar-refractivity contribution in [2.45, 2.75) is 83.8 Å². The lowest BCUT2D eigenvalue weighted by Gasteiger charge is -2.35. The maximum absolute atomic E-state index is 5.03. The van der Waals surface area contributed by atoms with Crippen LogP contribution in [-0.2, 0) is 6.54 Å². The number of rotatable bonds is 6. The van der Waals surface area contributed by atoms with Crippen molar-refractivity contribution in [3.8, 4) is 0 Å². The monoisotopic (exact) mass is 307 g/mol. The first-order valence-electron chi connectivity index (χ1n) is 8.68. The van der Waals surface area contributed by atoms with Gasteiger partial charge in [0.2, 0.25) is 0 Å². The van der Waals surface area contributed by atoms with Crippen molar-refractivity contribution < 1.29 is 0 Å². The maximum Gasteiger partial charge on any atom is 0.186 e. The van der Waals surface area contributed by atoms with Crippen LogP contribution in [0.25, 0.3) is 0 Å². The summed E-state index contributed by atoms with van der Waals surface area (Å²) in [7, 11) is 0. The molecular formula is C17H29N3S. The Morgan fingerprint density at radius 1 is 1.29 bits per heavy atom. The van der Waals surface area contributed by atoms with E-state index in [1.54, 1.807) is 0 Å². The van der Waals surface area contributed by atoms with Crippen molar-refractivity contribution in [2.24, 2.45) is 0 Å². The molecule has 1 aliphatic heterocycles. The van der Waals surface area contributed by atoms with Crippen molar-refractivity contribution in [1.29, 1.82) is 0 Å². The quantitative estimate of drug-likeness (QED) is 0.850. The predicted molar refractivity (Wildman–Crippen MR) is 91.3 cm³/mol. The SMILES string of the molecule is CCC1CCCCN1c1nc(C(C)C)c(CNC2CC2)s1. The highest BCUT2D eigenvalue weighted by Crippen LogP contribution is 2.35. The predicted octanol–water partition coefficient (Wildman–Crippen LogP) is 4.29. The van der Waals surface area contributed by atoms with Gasteiger partial charge in [0.25, 0.3) is 0 Å². The van der Waals surface area contributed by atoms with Crippen LogP contribution in [0.1, 0.15) is 75.8 Å². The third-order valence-electron chi connectivity index (χ3n) is 4.74. The lowest BCUT2D eigenvalue weighted by molar-refractivity contribution is 0.449. The van der Waals surface area contributed by atoms with E-state index in [0.717, 1.165) is 12.6 Å². The summed E-state index contributed by atoms with van der Waals surface area (Å²) in [5, 5.41) is 4.94. The molecule has 0 spiro atoms. The van der Waals surface area contributed by atoms with E-state index in [2.05, 4.69) is 31.0 Å². The molecule has 1 saturated carbocycles. The molecule has 1 aliphatic carbocycles. The average Bonchev–Trinajstić information content (AvgIpc) is 3.22.